The van der Waals surface area contributed by atoms with E-state index in [1.165, 1.54) is 19.2 Å². The maximum atomic E-state index is 12.8. The first kappa shape index (κ1) is 16.5. The monoisotopic (exact) mass is 316 g/mol. The zero-order valence-corrected chi connectivity index (χ0v) is 12.6. The summed E-state index contributed by atoms with van der Waals surface area (Å²) in [5.74, 6) is -1.03. The predicted molar refractivity (Wildman–Crippen MR) is 84.5 cm³/mol. The van der Waals surface area contributed by atoms with E-state index in [0.29, 0.717) is 17.8 Å². The Morgan fingerprint density at radius 3 is 2.48 bits per heavy atom. The minimum Gasteiger partial charge on any atom is -0.465 e. The van der Waals surface area contributed by atoms with Crippen molar-refractivity contribution in [3.63, 3.8) is 0 Å². The first-order valence-corrected chi connectivity index (χ1v) is 7.02. The summed E-state index contributed by atoms with van der Waals surface area (Å²) in [6.45, 7) is 0.314. The number of carbonyl (C=O) groups is 2. The van der Waals surface area contributed by atoms with Crippen LogP contribution in [0, 0.1) is 5.82 Å². The quantitative estimate of drug-likeness (QED) is 0.803. The number of rotatable bonds is 6. The number of benzene rings is 2. The number of ether oxygens (including phenoxy) is 1. The van der Waals surface area contributed by atoms with Crippen molar-refractivity contribution in [2.75, 3.05) is 19.0 Å². The Labute approximate surface area is 133 Å². The second-order valence-electron chi connectivity index (χ2n) is 4.79. The van der Waals surface area contributed by atoms with Gasteiger partial charge in [-0.25, -0.2) is 9.18 Å². The molecule has 0 heterocycles. The summed E-state index contributed by atoms with van der Waals surface area (Å²) in [4.78, 5) is 23.5. The fraction of sp³-hybridized carbons (Fsp3) is 0.176. The highest BCUT2D eigenvalue weighted by Gasteiger charge is 2.11. The summed E-state index contributed by atoms with van der Waals surface area (Å²) in [5, 5.41) is 5.61. The molecular weight excluding hydrogens is 299 g/mol. The number of methoxy groups -OCH3 is 1. The normalized spacial score (nSPS) is 10.0. The summed E-state index contributed by atoms with van der Waals surface area (Å²) >= 11 is 0. The molecule has 120 valence electrons. The van der Waals surface area contributed by atoms with Crippen LogP contribution in [0.5, 0.6) is 0 Å². The molecule has 0 unspecified atom stereocenters. The van der Waals surface area contributed by atoms with E-state index in [0.717, 1.165) is 5.56 Å². The van der Waals surface area contributed by atoms with Crippen molar-refractivity contribution in [1.82, 2.24) is 5.32 Å². The lowest BCUT2D eigenvalue weighted by molar-refractivity contribution is -0.119. The second-order valence-corrected chi connectivity index (χ2v) is 4.79. The topological polar surface area (TPSA) is 67.4 Å². The summed E-state index contributed by atoms with van der Waals surface area (Å²) in [5.41, 5.74) is 1.69. The maximum absolute atomic E-state index is 12.8. The van der Waals surface area contributed by atoms with Gasteiger partial charge in [0.15, 0.2) is 0 Å². The van der Waals surface area contributed by atoms with Crippen molar-refractivity contribution in [3.05, 3.63) is 65.5 Å². The molecule has 0 aliphatic heterocycles. The number of anilines is 1. The van der Waals surface area contributed by atoms with Gasteiger partial charge in [0.05, 0.1) is 19.2 Å². The van der Waals surface area contributed by atoms with E-state index < -0.39 is 5.97 Å². The lowest BCUT2D eigenvalue weighted by Crippen LogP contribution is -2.29. The van der Waals surface area contributed by atoms with Crippen LogP contribution >= 0.6 is 0 Å². The van der Waals surface area contributed by atoms with E-state index in [2.05, 4.69) is 15.4 Å². The van der Waals surface area contributed by atoms with Crippen molar-refractivity contribution >= 4 is 17.6 Å². The van der Waals surface area contributed by atoms with Gasteiger partial charge in [-0.05, 0) is 29.8 Å². The first-order chi connectivity index (χ1) is 11.1. The van der Waals surface area contributed by atoms with E-state index in [1.807, 2.05) is 0 Å². The van der Waals surface area contributed by atoms with Gasteiger partial charge in [-0.15, -0.1) is 0 Å². The van der Waals surface area contributed by atoms with Crippen molar-refractivity contribution in [1.29, 1.82) is 0 Å². The minimum absolute atomic E-state index is 0.00913. The first-order valence-electron chi connectivity index (χ1n) is 7.02. The van der Waals surface area contributed by atoms with Gasteiger partial charge in [-0.2, -0.15) is 0 Å². The van der Waals surface area contributed by atoms with E-state index in [9.17, 15) is 14.0 Å². The van der Waals surface area contributed by atoms with Crippen LogP contribution in [0.3, 0.4) is 0 Å². The number of hydrogen-bond acceptors (Lipinski definition) is 4. The molecule has 0 aromatic heterocycles. The van der Waals surface area contributed by atoms with Crippen LogP contribution in [0.2, 0.25) is 0 Å². The molecular formula is C17H17FN2O3. The number of para-hydroxylation sites is 1. The Balaban J connectivity index is 1.87. The van der Waals surface area contributed by atoms with Crippen LogP contribution in [-0.2, 0) is 16.1 Å². The average Bonchev–Trinajstić information content (AvgIpc) is 2.59. The second kappa shape index (κ2) is 7.93. The summed E-state index contributed by atoms with van der Waals surface area (Å²) < 4.78 is 17.5. The number of nitrogens with one attached hydrogen (secondary N) is 2. The zero-order valence-electron chi connectivity index (χ0n) is 12.6. The number of esters is 1. The van der Waals surface area contributed by atoms with E-state index in [1.54, 1.807) is 36.4 Å². The molecule has 0 spiro atoms. The fourth-order valence-corrected chi connectivity index (χ4v) is 1.97. The molecule has 6 heteroatoms. The molecule has 0 aliphatic rings. The van der Waals surface area contributed by atoms with Gasteiger partial charge in [0.1, 0.15) is 5.82 Å². The number of hydrogen-bond donors (Lipinski definition) is 2. The molecule has 0 saturated carbocycles. The molecule has 1 amide bonds. The fourth-order valence-electron chi connectivity index (χ4n) is 1.97. The minimum atomic E-state index is -0.472. The lowest BCUT2D eigenvalue weighted by Gasteiger charge is -2.11. The van der Waals surface area contributed by atoms with Gasteiger partial charge < -0.3 is 15.4 Å². The van der Waals surface area contributed by atoms with Gasteiger partial charge in [-0.1, -0.05) is 24.3 Å². The lowest BCUT2D eigenvalue weighted by atomic mass is 10.2. The molecule has 2 N–H and O–H groups in total. The van der Waals surface area contributed by atoms with Crippen molar-refractivity contribution in [3.8, 4) is 0 Å². The maximum Gasteiger partial charge on any atom is 0.339 e. The molecule has 2 aromatic rings. The van der Waals surface area contributed by atoms with Crippen LogP contribution in [0.1, 0.15) is 15.9 Å². The van der Waals surface area contributed by atoms with Crippen LogP contribution in [0.15, 0.2) is 48.5 Å². The van der Waals surface area contributed by atoms with Crippen molar-refractivity contribution in [2.24, 2.45) is 0 Å². The van der Waals surface area contributed by atoms with Gasteiger partial charge in [0, 0.05) is 12.2 Å². The third-order valence-electron chi connectivity index (χ3n) is 3.17. The summed E-state index contributed by atoms with van der Waals surface area (Å²) in [6.07, 6.45) is 0. The molecule has 0 atom stereocenters. The molecule has 0 radical (unpaired) electrons. The number of halogens is 1. The Bertz CT molecular complexity index is 686. The van der Waals surface area contributed by atoms with Gasteiger partial charge in [-0.3, -0.25) is 4.79 Å². The van der Waals surface area contributed by atoms with Crippen LogP contribution in [-0.4, -0.2) is 25.5 Å². The zero-order chi connectivity index (χ0) is 16.7. The van der Waals surface area contributed by atoms with Crippen molar-refractivity contribution in [2.45, 2.75) is 6.54 Å². The summed E-state index contributed by atoms with van der Waals surface area (Å²) in [6, 6.07) is 12.7. The molecule has 5 nitrogen and oxygen atoms in total. The third-order valence-corrected chi connectivity index (χ3v) is 3.17. The van der Waals surface area contributed by atoms with E-state index in [4.69, 9.17) is 0 Å². The van der Waals surface area contributed by atoms with E-state index in [-0.39, 0.29) is 18.3 Å². The van der Waals surface area contributed by atoms with Crippen molar-refractivity contribution < 1.29 is 18.7 Å². The molecule has 0 saturated heterocycles. The average molecular weight is 316 g/mol. The number of amides is 1. The smallest absolute Gasteiger partial charge is 0.339 e. The Kier molecular flexibility index (Phi) is 5.68. The Hall–Kier alpha value is -2.89. The third kappa shape index (κ3) is 4.81. The van der Waals surface area contributed by atoms with E-state index >= 15 is 0 Å². The van der Waals surface area contributed by atoms with Crippen LogP contribution in [0.4, 0.5) is 10.1 Å². The molecule has 2 rings (SSSR count). The van der Waals surface area contributed by atoms with Crippen LogP contribution in [0.25, 0.3) is 0 Å². The molecule has 23 heavy (non-hydrogen) atoms. The van der Waals surface area contributed by atoms with Gasteiger partial charge in [0.25, 0.3) is 0 Å². The number of carbonyl (C=O) groups excluding carboxylic acids is 2. The summed E-state index contributed by atoms with van der Waals surface area (Å²) in [7, 11) is 1.30. The molecule has 0 bridgehead atoms. The molecule has 2 aromatic carbocycles. The highest BCUT2D eigenvalue weighted by Crippen LogP contribution is 2.15. The standard InChI is InChI=1S/C17H17FN2O3/c1-23-17(22)14-4-2-3-5-15(14)19-11-16(21)20-10-12-6-8-13(18)9-7-12/h2-9,19H,10-11H2,1H3,(H,20,21). The van der Waals surface area contributed by atoms with Gasteiger partial charge in [0.2, 0.25) is 5.91 Å². The highest BCUT2D eigenvalue weighted by molar-refractivity contribution is 5.96. The predicted octanol–water partition coefficient (Wildman–Crippen LogP) is 2.34. The molecule has 0 aliphatic carbocycles. The largest absolute Gasteiger partial charge is 0.465 e. The highest BCUT2D eigenvalue weighted by atomic mass is 19.1. The van der Waals surface area contributed by atoms with Crippen LogP contribution < -0.4 is 10.6 Å². The Morgan fingerprint density at radius 2 is 1.78 bits per heavy atom. The molecule has 0 fully saturated rings. The Morgan fingerprint density at radius 1 is 1.09 bits per heavy atom. The van der Waals surface area contributed by atoms with Gasteiger partial charge >= 0.3 is 5.97 Å². The SMILES string of the molecule is COC(=O)c1ccccc1NCC(=O)NCc1ccc(F)cc1.